The lowest BCUT2D eigenvalue weighted by atomic mass is 9.97. The summed E-state index contributed by atoms with van der Waals surface area (Å²) in [5, 5.41) is 9.21. The van der Waals surface area contributed by atoms with Gasteiger partial charge in [0, 0.05) is 5.56 Å². The molecule has 0 fully saturated rings. The summed E-state index contributed by atoms with van der Waals surface area (Å²) >= 11 is 0. The Labute approximate surface area is 96.8 Å². The molecule has 86 valence electrons. The van der Waals surface area contributed by atoms with Gasteiger partial charge in [0.05, 0.1) is 0 Å². The first-order valence-electron chi connectivity index (χ1n) is 5.15. The first-order chi connectivity index (χ1) is 7.28. The third-order valence-corrected chi connectivity index (χ3v) is 3.13. The highest BCUT2D eigenvalue weighted by Crippen LogP contribution is 2.30. The van der Waals surface area contributed by atoms with E-state index in [9.17, 15) is 9.65 Å². The Morgan fingerprint density at radius 3 is 2.31 bits per heavy atom. The lowest BCUT2D eigenvalue weighted by Gasteiger charge is -2.30. The van der Waals surface area contributed by atoms with Crippen LogP contribution in [0.4, 0.5) is 4.39 Å². The van der Waals surface area contributed by atoms with Crippen LogP contribution in [-0.2, 0) is 10.0 Å². The predicted octanol–water partition coefficient (Wildman–Crippen LogP) is 3.42. The summed E-state index contributed by atoms with van der Waals surface area (Å²) in [5.74, 6) is -0.398. The second-order valence-electron chi connectivity index (χ2n) is 4.84. The average Bonchev–Trinajstić information content (AvgIpc) is 2.15. The Kier molecular flexibility index (Phi) is 3.51. The Hall–Kier alpha value is -1.18. The zero-order valence-electron chi connectivity index (χ0n) is 10.0. The van der Waals surface area contributed by atoms with Gasteiger partial charge < -0.3 is 4.43 Å². The van der Waals surface area contributed by atoms with Gasteiger partial charge in [-0.3, -0.25) is 0 Å². The molecule has 0 amide bonds. The summed E-state index contributed by atoms with van der Waals surface area (Å²) in [6, 6.07) is 8.32. The van der Waals surface area contributed by atoms with E-state index >= 15 is 0 Å². The van der Waals surface area contributed by atoms with E-state index in [1.165, 1.54) is 6.07 Å². The maximum atomic E-state index is 13.6. The van der Waals surface area contributed by atoms with Crippen LogP contribution >= 0.6 is 0 Å². The van der Waals surface area contributed by atoms with Gasteiger partial charge in [-0.05, 0) is 32.6 Å². The fourth-order valence-electron chi connectivity index (χ4n) is 1.60. The zero-order valence-corrected chi connectivity index (χ0v) is 11.0. The monoisotopic (exact) mass is 237 g/mol. The van der Waals surface area contributed by atoms with Gasteiger partial charge in [-0.15, -0.1) is 0 Å². The lowest BCUT2D eigenvalue weighted by molar-refractivity contribution is 0.136. The second kappa shape index (κ2) is 4.36. The maximum Gasteiger partial charge on any atom is 0.186 e. The molecule has 0 spiro atoms. The Balaban J connectivity index is 3.17. The summed E-state index contributed by atoms with van der Waals surface area (Å²) < 4.78 is 19.4. The standard InChI is InChI=1S/C12H16FNOSi/c1-12(9-14,15-16(2,3)4)10-7-5-6-8-11(10)13/h5-8H,1-4H3/t12-/m1/s1. The number of benzene rings is 1. The van der Waals surface area contributed by atoms with Crippen molar-refractivity contribution in [2.75, 3.05) is 0 Å². The number of rotatable bonds is 3. The molecule has 0 aliphatic rings. The second-order valence-corrected chi connectivity index (χ2v) is 9.27. The van der Waals surface area contributed by atoms with Gasteiger partial charge in [-0.2, -0.15) is 5.26 Å². The van der Waals surface area contributed by atoms with E-state index in [0.717, 1.165) is 0 Å². The number of nitrogens with zero attached hydrogens (tertiary/aromatic N) is 1. The molecule has 0 aliphatic carbocycles. The van der Waals surface area contributed by atoms with E-state index in [4.69, 9.17) is 4.43 Å². The Morgan fingerprint density at radius 1 is 1.31 bits per heavy atom. The summed E-state index contributed by atoms with van der Waals surface area (Å²) in [7, 11) is -1.91. The molecule has 1 atom stereocenters. The van der Waals surface area contributed by atoms with E-state index in [-0.39, 0.29) is 0 Å². The minimum atomic E-state index is -1.91. The topological polar surface area (TPSA) is 33.0 Å². The summed E-state index contributed by atoms with van der Waals surface area (Å²) in [6.45, 7) is 7.54. The van der Waals surface area contributed by atoms with Crippen molar-refractivity contribution in [2.45, 2.75) is 32.2 Å². The molecule has 4 heteroatoms. The largest absolute Gasteiger partial charge is 0.397 e. The van der Waals surface area contributed by atoms with Crippen molar-refractivity contribution >= 4 is 8.32 Å². The van der Waals surface area contributed by atoms with Crippen LogP contribution in [0.3, 0.4) is 0 Å². The van der Waals surface area contributed by atoms with E-state index in [2.05, 4.69) is 6.07 Å². The summed E-state index contributed by atoms with van der Waals surface area (Å²) in [5.41, 5.74) is -0.893. The Bertz CT molecular complexity index is 422. The van der Waals surface area contributed by atoms with Gasteiger partial charge in [0.2, 0.25) is 0 Å². The lowest BCUT2D eigenvalue weighted by Crippen LogP contribution is -2.38. The van der Waals surface area contributed by atoms with Crippen molar-refractivity contribution in [1.82, 2.24) is 0 Å². The van der Waals surface area contributed by atoms with E-state index in [0.29, 0.717) is 5.56 Å². The quantitative estimate of drug-likeness (QED) is 0.755. The van der Waals surface area contributed by atoms with Crippen molar-refractivity contribution < 1.29 is 8.82 Å². The number of hydrogen-bond acceptors (Lipinski definition) is 2. The third-order valence-electron chi connectivity index (χ3n) is 2.11. The van der Waals surface area contributed by atoms with Gasteiger partial charge in [0.15, 0.2) is 13.9 Å². The molecule has 0 aliphatic heterocycles. The van der Waals surface area contributed by atoms with Crippen LogP contribution in [0.1, 0.15) is 12.5 Å². The van der Waals surface area contributed by atoms with Gasteiger partial charge in [0.1, 0.15) is 11.9 Å². The molecule has 1 rings (SSSR count). The normalized spacial score (nSPS) is 15.2. The molecular formula is C12H16FNOSi. The van der Waals surface area contributed by atoms with Crippen molar-refractivity contribution in [3.63, 3.8) is 0 Å². The van der Waals surface area contributed by atoms with Crippen molar-refractivity contribution in [3.8, 4) is 6.07 Å². The van der Waals surface area contributed by atoms with E-state index in [1.54, 1.807) is 25.1 Å². The number of halogens is 1. The minimum Gasteiger partial charge on any atom is -0.397 e. The smallest absolute Gasteiger partial charge is 0.186 e. The van der Waals surface area contributed by atoms with Crippen molar-refractivity contribution in [1.29, 1.82) is 5.26 Å². The molecule has 16 heavy (non-hydrogen) atoms. The molecular weight excluding hydrogens is 221 g/mol. The highest BCUT2D eigenvalue weighted by Gasteiger charge is 2.35. The van der Waals surface area contributed by atoms with Gasteiger partial charge >= 0.3 is 0 Å². The van der Waals surface area contributed by atoms with E-state index in [1.807, 2.05) is 19.6 Å². The van der Waals surface area contributed by atoms with Crippen LogP contribution in [0.5, 0.6) is 0 Å². The summed E-state index contributed by atoms with van der Waals surface area (Å²) in [4.78, 5) is 0. The highest BCUT2D eigenvalue weighted by molar-refractivity contribution is 6.69. The fraction of sp³-hybridized carbons (Fsp3) is 0.417. The molecule has 0 saturated heterocycles. The molecule has 0 radical (unpaired) electrons. The predicted molar refractivity (Wildman–Crippen MR) is 63.8 cm³/mol. The molecule has 0 unspecified atom stereocenters. The van der Waals surface area contributed by atoms with Crippen LogP contribution < -0.4 is 0 Å². The van der Waals surface area contributed by atoms with Crippen LogP contribution in [0.25, 0.3) is 0 Å². The van der Waals surface area contributed by atoms with Gasteiger partial charge in [-0.1, -0.05) is 18.2 Å². The van der Waals surface area contributed by atoms with Crippen LogP contribution in [0.2, 0.25) is 19.6 Å². The molecule has 0 bridgehead atoms. The van der Waals surface area contributed by atoms with Crippen LogP contribution in [0.15, 0.2) is 24.3 Å². The van der Waals surface area contributed by atoms with Crippen LogP contribution in [0, 0.1) is 17.1 Å². The molecule has 0 aromatic heterocycles. The van der Waals surface area contributed by atoms with Crippen molar-refractivity contribution in [2.24, 2.45) is 0 Å². The molecule has 1 aromatic rings. The highest BCUT2D eigenvalue weighted by atomic mass is 28.4. The fourth-order valence-corrected chi connectivity index (χ4v) is 2.98. The van der Waals surface area contributed by atoms with E-state index < -0.39 is 19.7 Å². The molecule has 0 N–H and O–H groups in total. The average molecular weight is 237 g/mol. The third kappa shape index (κ3) is 2.91. The first-order valence-corrected chi connectivity index (χ1v) is 8.56. The minimum absolute atomic E-state index is 0.305. The molecule has 2 nitrogen and oxygen atoms in total. The SMILES string of the molecule is C[C@](C#N)(O[Si](C)(C)C)c1ccccc1F. The molecule has 1 aromatic carbocycles. The number of nitriles is 1. The Morgan fingerprint density at radius 2 is 1.88 bits per heavy atom. The molecule has 0 heterocycles. The van der Waals surface area contributed by atoms with Gasteiger partial charge in [0.25, 0.3) is 0 Å². The number of hydrogen-bond donors (Lipinski definition) is 0. The van der Waals surface area contributed by atoms with Gasteiger partial charge in [-0.25, -0.2) is 4.39 Å². The van der Waals surface area contributed by atoms with Crippen molar-refractivity contribution in [3.05, 3.63) is 35.6 Å². The first kappa shape index (κ1) is 12.9. The summed E-state index contributed by atoms with van der Waals surface area (Å²) in [6.07, 6.45) is 0. The van der Waals surface area contributed by atoms with Crippen LogP contribution in [-0.4, -0.2) is 8.32 Å². The molecule has 0 saturated carbocycles. The maximum absolute atomic E-state index is 13.6. The zero-order chi connectivity index (χ0) is 12.4.